The van der Waals surface area contributed by atoms with Gasteiger partial charge in [0.1, 0.15) is 0 Å². The van der Waals surface area contributed by atoms with Crippen molar-refractivity contribution in [2.45, 2.75) is 115 Å². The average molecular weight is 611 g/mol. The van der Waals surface area contributed by atoms with Gasteiger partial charge in [-0.05, 0) is 119 Å². The molecule has 2 aliphatic heterocycles. The molecule has 8 heteroatoms. The van der Waals surface area contributed by atoms with Crippen molar-refractivity contribution in [3.63, 3.8) is 0 Å². The molecule has 5 fully saturated rings. The van der Waals surface area contributed by atoms with Crippen LogP contribution in [0.1, 0.15) is 102 Å². The molecule has 0 aromatic heterocycles. The van der Waals surface area contributed by atoms with Crippen molar-refractivity contribution >= 4 is 16.0 Å². The molecule has 3 saturated carbocycles. The standard InChI is InChI=1S/C35H50N2O5S/c1-22-21-35(23(2)32-31(41-35)11-8-18-37(32)42-33(38)24-9-6-5-7-10-24)17-15-27-28-13-12-25-19-26(36-43(4,39)40)14-16-34(25,3)30(28)20-29(22)27/h5-7,9-10,23,25-28,30-32,36H,8,11-21H2,1-4H3/t23-,25-,26-,27+,28+,30+,31-,32+,34+,35+/m1/s1. The highest BCUT2D eigenvalue weighted by atomic mass is 32.2. The summed E-state index contributed by atoms with van der Waals surface area (Å²) in [6, 6.07) is 9.49. The number of nitrogens with one attached hydrogen (secondary N) is 1. The number of sulfonamides is 1. The molecule has 43 heavy (non-hydrogen) atoms. The maximum atomic E-state index is 13.0. The smallest absolute Gasteiger partial charge is 0.357 e. The molecule has 1 aromatic carbocycles. The van der Waals surface area contributed by atoms with Crippen LogP contribution in [0.2, 0.25) is 0 Å². The van der Waals surface area contributed by atoms with Gasteiger partial charge in [-0.1, -0.05) is 43.2 Å². The number of allylic oxidation sites excluding steroid dienone is 1. The predicted molar refractivity (Wildman–Crippen MR) is 166 cm³/mol. The van der Waals surface area contributed by atoms with Crippen LogP contribution in [0.4, 0.5) is 0 Å². The lowest BCUT2D eigenvalue weighted by molar-refractivity contribution is -0.171. The van der Waals surface area contributed by atoms with Gasteiger partial charge in [-0.15, -0.1) is 5.06 Å². The Labute approximate surface area is 258 Å². The van der Waals surface area contributed by atoms with Crippen LogP contribution in [0.25, 0.3) is 0 Å². The molecule has 2 saturated heterocycles. The molecule has 7 rings (SSSR count). The van der Waals surface area contributed by atoms with Gasteiger partial charge in [0.05, 0.1) is 29.6 Å². The molecule has 1 aromatic rings. The SMILES string of the molecule is CC1=C2C[C@H]3[C@@H](CC[C@@H]4C[C@H](NS(C)(=O)=O)CC[C@@]43C)[C@@H]2CC[C@@]2(C1)O[C@@H]1CCCN(OC(=O)c3ccccc3)[C@H]1[C@H]2C. The minimum atomic E-state index is -3.17. The summed E-state index contributed by atoms with van der Waals surface area (Å²) in [6.45, 7) is 8.02. The third-order valence-corrected chi connectivity index (χ3v) is 13.8. The van der Waals surface area contributed by atoms with Crippen molar-refractivity contribution in [2.75, 3.05) is 12.8 Å². The molecular weight excluding hydrogens is 560 g/mol. The Hall–Kier alpha value is -1.74. The number of hydrogen-bond acceptors (Lipinski definition) is 6. The van der Waals surface area contributed by atoms with Crippen LogP contribution in [-0.2, 0) is 19.6 Å². The summed E-state index contributed by atoms with van der Waals surface area (Å²) in [5.74, 6) is 2.66. The van der Waals surface area contributed by atoms with Crippen molar-refractivity contribution in [3.05, 3.63) is 47.0 Å². The van der Waals surface area contributed by atoms with Crippen molar-refractivity contribution in [1.82, 2.24) is 9.79 Å². The Bertz CT molecular complexity index is 1380. The Morgan fingerprint density at radius 2 is 1.88 bits per heavy atom. The Kier molecular flexibility index (Phi) is 7.63. The first-order chi connectivity index (χ1) is 20.5. The molecule has 0 radical (unpaired) electrons. The van der Waals surface area contributed by atoms with Crippen molar-refractivity contribution < 1.29 is 22.8 Å². The molecule has 0 amide bonds. The first-order valence-corrected chi connectivity index (χ1v) is 18.7. The monoisotopic (exact) mass is 610 g/mol. The fraction of sp³-hybridized carbons (Fsp3) is 0.743. The summed E-state index contributed by atoms with van der Waals surface area (Å²) in [5.41, 5.74) is 3.94. The molecule has 1 spiro atoms. The number of benzene rings is 1. The zero-order chi connectivity index (χ0) is 30.1. The third kappa shape index (κ3) is 5.22. The van der Waals surface area contributed by atoms with Gasteiger partial charge in [0, 0.05) is 18.5 Å². The van der Waals surface area contributed by atoms with E-state index in [-0.39, 0.29) is 35.7 Å². The van der Waals surface area contributed by atoms with E-state index in [1.165, 1.54) is 31.9 Å². The quantitative estimate of drug-likeness (QED) is 0.405. The summed E-state index contributed by atoms with van der Waals surface area (Å²) in [7, 11) is -3.17. The van der Waals surface area contributed by atoms with E-state index in [0.29, 0.717) is 28.7 Å². The number of piperidine rings is 1. The summed E-state index contributed by atoms with van der Waals surface area (Å²) in [5, 5.41) is 1.96. The number of hydroxylamine groups is 2. The Balaban J connectivity index is 1.08. The van der Waals surface area contributed by atoms with E-state index < -0.39 is 10.0 Å². The van der Waals surface area contributed by atoms with E-state index in [9.17, 15) is 13.2 Å². The second-order valence-corrected chi connectivity index (χ2v) is 17.1. The van der Waals surface area contributed by atoms with Gasteiger partial charge in [0.2, 0.25) is 10.0 Å². The maximum absolute atomic E-state index is 13.0. The molecule has 0 bridgehead atoms. The van der Waals surface area contributed by atoms with E-state index in [1.807, 2.05) is 35.4 Å². The van der Waals surface area contributed by atoms with Gasteiger partial charge in [-0.3, -0.25) is 0 Å². The van der Waals surface area contributed by atoms with Gasteiger partial charge in [0.15, 0.2) is 0 Å². The summed E-state index contributed by atoms with van der Waals surface area (Å²) >= 11 is 0. The number of fused-ring (bicyclic) bond motifs is 6. The van der Waals surface area contributed by atoms with E-state index in [0.717, 1.165) is 57.4 Å². The molecule has 0 unspecified atom stereocenters. The number of carbonyl (C=O) groups excluding carboxylic acids is 1. The molecule has 10 atom stereocenters. The maximum Gasteiger partial charge on any atom is 0.357 e. The predicted octanol–water partition coefficient (Wildman–Crippen LogP) is 6.27. The highest BCUT2D eigenvalue weighted by Gasteiger charge is 2.60. The van der Waals surface area contributed by atoms with Crippen LogP contribution in [-0.4, -0.2) is 56.0 Å². The molecule has 236 valence electrons. The highest BCUT2D eigenvalue weighted by molar-refractivity contribution is 7.88. The zero-order valence-corrected chi connectivity index (χ0v) is 27.2. The molecule has 7 nitrogen and oxygen atoms in total. The van der Waals surface area contributed by atoms with Gasteiger partial charge >= 0.3 is 5.97 Å². The second-order valence-electron chi connectivity index (χ2n) is 15.3. The lowest BCUT2D eigenvalue weighted by Crippen LogP contribution is -2.50. The summed E-state index contributed by atoms with van der Waals surface area (Å²) < 4.78 is 33.9. The first kappa shape index (κ1) is 29.9. The van der Waals surface area contributed by atoms with Gasteiger partial charge < -0.3 is 9.57 Å². The first-order valence-electron chi connectivity index (χ1n) is 16.8. The fourth-order valence-electron chi connectivity index (χ4n) is 11.0. The van der Waals surface area contributed by atoms with Crippen molar-refractivity contribution in [2.24, 2.45) is 35.0 Å². The number of carbonyl (C=O) groups is 1. The van der Waals surface area contributed by atoms with E-state index in [4.69, 9.17) is 9.57 Å². The molecule has 6 aliphatic rings. The van der Waals surface area contributed by atoms with E-state index in [2.05, 4.69) is 25.5 Å². The molecule has 2 heterocycles. The minimum absolute atomic E-state index is 0.0911. The van der Waals surface area contributed by atoms with Crippen LogP contribution in [0.5, 0.6) is 0 Å². The lowest BCUT2D eigenvalue weighted by Gasteiger charge is -2.54. The van der Waals surface area contributed by atoms with E-state index >= 15 is 0 Å². The van der Waals surface area contributed by atoms with Crippen LogP contribution >= 0.6 is 0 Å². The number of nitrogens with zero attached hydrogens (tertiary/aromatic N) is 1. The molecule has 4 aliphatic carbocycles. The fourth-order valence-corrected chi connectivity index (χ4v) is 11.8. The van der Waals surface area contributed by atoms with E-state index in [1.54, 1.807) is 11.1 Å². The number of hydrogen-bond donors (Lipinski definition) is 1. The Morgan fingerprint density at radius 1 is 1.09 bits per heavy atom. The number of ether oxygens (including phenoxy) is 1. The zero-order valence-electron chi connectivity index (χ0n) is 26.4. The largest absolute Gasteiger partial charge is 0.369 e. The highest BCUT2D eigenvalue weighted by Crippen LogP contribution is 2.65. The minimum Gasteiger partial charge on any atom is -0.369 e. The topological polar surface area (TPSA) is 84.9 Å². The third-order valence-electron chi connectivity index (χ3n) is 13.0. The normalized spacial score (nSPS) is 43.0. The summed E-state index contributed by atoms with van der Waals surface area (Å²) in [4.78, 5) is 19.1. The average Bonchev–Trinajstić information content (AvgIpc) is 3.43. The number of rotatable bonds is 4. The van der Waals surface area contributed by atoms with Crippen molar-refractivity contribution in [3.8, 4) is 0 Å². The van der Waals surface area contributed by atoms with Gasteiger partial charge in [-0.25, -0.2) is 17.9 Å². The van der Waals surface area contributed by atoms with Crippen LogP contribution in [0.15, 0.2) is 41.5 Å². The van der Waals surface area contributed by atoms with Crippen LogP contribution < -0.4 is 4.72 Å². The molecule has 1 N–H and O–H groups in total. The van der Waals surface area contributed by atoms with Gasteiger partial charge in [-0.2, -0.15) is 0 Å². The second kappa shape index (κ2) is 11.0. The van der Waals surface area contributed by atoms with Crippen LogP contribution in [0, 0.1) is 35.0 Å². The van der Waals surface area contributed by atoms with Gasteiger partial charge in [0.25, 0.3) is 0 Å². The van der Waals surface area contributed by atoms with Crippen LogP contribution in [0.3, 0.4) is 0 Å². The summed E-state index contributed by atoms with van der Waals surface area (Å²) in [6.07, 6.45) is 13.4. The molecular formula is C35H50N2O5S. The van der Waals surface area contributed by atoms with Crippen molar-refractivity contribution in [1.29, 1.82) is 0 Å². The Morgan fingerprint density at radius 3 is 2.65 bits per heavy atom. The lowest BCUT2D eigenvalue weighted by atomic mass is 9.52.